The molecule has 0 aliphatic rings. The van der Waals surface area contributed by atoms with Gasteiger partial charge >= 0.3 is 0 Å². The van der Waals surface area contributed by atoms with Gasteiger partial charge in [-0.2, -0.15) is 0 Å². The van der Waals surface area contributed by atoms with Crippen LogP contribution in [0.2, 0.25) is 0 Å². The molecule has 14 heavy (non-hydrogen) atoms. The van der Waals surface area contributed by atoms with Gasteiger partial charge < -0.3 is 0 Å². The maximum Gasteiger partial charge on any atom is 0.0388 e. The number of hydrogen-bond acceptors (Lipinski definition) is 1. The van der Waals surface area contributed by atoms with Gasteiger partial charge in [-0.05, 0) is 25.7 Å². The molecule has 1 nitrogen and oxygen atoms in total. The molecule has 0 aliphatic heterocycles. The van der Waals surface area contributed by atoms with E-state index in [-0.39, 0.29) is 0 Å². The van der Waals surface area contributed by atoms with Crippen molar-refractivity contribution in [1.82, 2.24) is 0 Å². The third-order valence-electron chi connectivity index (χ3n) is 2.81. The summed E-state index contributed by atoms with van der Waals surface area (Å²) in [6.07, 6.45) is 7.83. The van der Waals surface area contributed by atoms with E-state index in [2.05, 4.69) is 32.7 Å². The molecular weight excluding hydrogens is 170 g/mol. The highest BCUT2D eigenvalue weighted by atomic mass is 14.7. The minimum Gasteiger partial charge on any atom is -0.294 e. The SMILES string of the molecule is CCCCCCN=C(C)C(C)CCC. The van der Waals surface area contributed by atoms with E-state index >= 15 is 0 Å². The van der Waals surface area contributed by atoms with Crippen molar-refractivity contribution in [3.8, 4) is 0 Å². The van der Waals surface area contributed by atoms with Crippen LogP contribution >= 0.6 is 0 Å². The quantitative estimate of drug-likeness (QED) is 0.402. The number of unbranched alkanes of at least 4 members (excludes halogenated alkanes) is 3. The van der Waals surface area contributed by atoms with Gasteiger partial charge in [0.25, 0.3) is 0 Å². The largest absolute Gasteiger partial charge is 0.294 e. The highest BCUT2D eigenvalue weighted by Crippen LogP contribution is 2.08. The topological polar surface area (TPSA) is 12.4 Å². The van der Waals surface area contributed by atoms with E-state index < -0.39 is 0 Å². The summed E-state index contributed by atoms with van der Waals surface area (Å²) in [6.45, 7) is 10.00. The lowest BCUT2D eigenvalue weighted by Crippen LogP contribution is -2.07. The molecule has 0 saturated heterocycles. The molecule has 0 heterocycles. The Morgan fingerprint density at radius 1 is 1.07 bits per heavy atom. The molecule has 0 radical (unpaired) electrons. The molecule has 1 heteroatoms. The fourth-order valence-electron chi connectivity index (χ4n) is 1.59. The molecule has 0 N–H and O–H groups in total. The van der Waals surface area contributed by atoms with Gasteiger partial charge in [0.15, 0.2) is 0 Å². The van der Waals surface area contributed by atoms with Crippen LogP contribution in [-0.2, 0) is 0 Å². The highest BCUT2D eigenvalue weighted by molar-refractivity contribution is 5.83. The lowest BCUT2D eigenvalue weighted by Gasteiger charge is -2.09. The van der Waals surface area contributed by atoms with Crippen molar-refractivity contribution in [2.45, 2.75) is 66.2 Å². The van der Waals surface area contributed by atoms with Crippen LogP contribution in [0.25, 0.3) is 0 Å². The Bertz CT molecular complexity index is 149. The second-order valence-electron chi connectivity index (χ2n) is 4.27. The van der Waals surface area contributed by atoms with Crippen LogP contribution in [0.5, 0.6) is 0 Å². The van der Waals surface area contributed by atoms with Gasteiger partial charge in [-0.15, -0.1) is 0 Å². The second kappa shape index (κ2) is 9.23. The highest BCUT2D eigenvalue weighted by Gasteiger charge is 2.02. The predicted molar refractivity (Wildman–Crippen MR) is 66.2 cm³/mol. The third-order valence-corrected chi connectivity index (χ3v) is 2.81. The smallest absolute Gasteiger partial charge is 0.0388 e. The van der Waals surface area contributed by atoms with Crippen LogP contribution in [0.4, 0.5) is 0 Å². The lowest BCUT2D eigenvalue weighted by atomic mass is 10.0. The van der Waals surface area contributed by atoms with Gasteiger partial charge in [-0.3, -0.25) is 4.99 Å². The summed E-state index contributed by atoms with van der Waals surface area (Å²) in [4.78, 5) is 4.63. The molecule has 0 fully saturated rings. The Labute approximate surface area is 90.0 Å². The molecule has 0 aromatic carbocycles. The van der Waals surface area contributed by atoms with Crippen LogP contribution in [-0.4, -0.2) is 12.3 Å². The molecule has 0 rings (SSSR count). The number of nitrogens with zero attached hydrogens (tertiary/aromatic N) is 1. The first-order valence-electron chi connectivity index (χ1n) is 6.23. The maximum absolute atomic E-state index is 4.63. The average Bonchev–Trinajstić information content (AvgIpc) is 2.17. The zero-order valence-electron chi connectivity index (χ0n) is 10.5. The van der Waals surface area contributed by atoms with Gasteiger partial charge in [0.1, 0.15) is 0 Å². The maximum atomic E-state index is 4.63. The zero-order valence-corrected chi connectivity index (χ0v) is 10.5. The molecule has 0 amide bonds. The van der Waals surface area contributed by atoms with E-state index in [1.165, 1.54) is 44.2 Å². The van der Waals surface area contributed by atoms with Crippen molar-refractivity contribution >= 4 is 5.71 Å². The Balaban J connectivity index is 3.54. The third kappa shape index (κ3) is 7.11. The van der Waals surface area contributed by atoms with Crippen LogP contribution < -0.4 is 0 Å². The minimum atomic E-state index is 0.686. The monoisotopic (exact) mass is 197 g/mol. The van der Waals surface area contributed by atoms with Crippen LogP contribution in [0.1, 0.15) is 66.2 Å². The molecule has 0 aliphatic carbocycles. The molecule has 1 unspecified atom stereocenters. The van der Waals surface area contributed by atoms with E-state index in [1.54, 1.807) is 0 Å². The van der Waals surface area contributed by atoms with Gasteiger partial charge in [0, 0.05) is 12.3 Å². The molecule has 0 saturated carbocycles. The molecule has 0 aromatic rings. The van der Waals surface area contributed by atoms with E-state index in [0.29, 0.717) is 5.92 Å². The van der Waals surface area contributed by atoms with Gasteiger partial charge in [-0.25, -0.2) is 0 Å². The first-order chi connectivity index (χ1) is 6.72. The first kappa shape index (κ1) is 13.7. The van der Waals surface area contributed by atoms with E-state index in [4.69, 9.17) is 0 Å². The summed E-state index contributed by atoms with van der Waals surface area (Å²) in [6, 6.07) is 0. The van der Waals surface area contributed by atoms with E-state index in [1.807, 2.05) is 0 Å². The fraction of sp³-hybridized carbons (Fsp3) is 0.923. The fourth-order valence-corrected chi connectivity index (χ4v) is 1.59. The zero-order chi connectivity index (χ0) is 10.8. The predicted octanol–water partition coefficient (Wildman–Crippen LogP) is 4.46. The number of rotatable bonds is 8. The Hall–Kier alpha value is -0.330. The summed E-state index contributed by atoms with van der Waals surface area (Å²) in [7, 11) is 0. The molecule has 1 atom stereocenters. The van der Waals surface area contributed by atoms with Crippen LogP contribution in [0, 0.1) is 5.92 Å². The van der Waals surface area contributed by atoms with E-state index in [9.17, 15) is 0 Å². The van der Waals surface area contributed by atoms with Crippen LogP contribution in [0.15, 0.2) is 4.99 Å². The molecule has 0 spiro atoms. The number of aliphatic imine (C=N–C) groups is 1. The van der Waals surface area contributed by atoms with Crippen molar-refractivity contribution in [1.29, 1.82) is 0 Å². The summed E-state index contributed by atoms with van der Waals surface area (Å²) < 4.78 is 0. The van der Waals surface area contributed by atoms with Crippen LogP contribution in [0.3, 0.4) is 0 Å². The van der Waals surface area contributed by atoms with Gasteiger partial charge in [0.2, 0.25) is 0 Å². The summed E-state index contributed by atoms with van der Waals surface area (Å²) >= 11 is 0. The molecular formula is C13H27N. The summed E-state index contributed by atoms with van der Waals surface area (Å²) in [5.74, 6) is 0.686. The second-order valence-corrected chi connectivity index (χ2v) is 4.27. The Kier molecular flexibility index (Phi) is 9.02. The summed E-state index contributed by atoms with van der Waals surface area (Å²) in [5.41, 5.74) is 1.35. The standard InChI is InChI=1S/C13H27N/c1-5-7-8-9-11-14-13(4)12(3)10-6-2/h12H,5-11H2,1-4H3. The molecule has 0 aromatic heterocycles. The lowest BCUT2D eigenvalue weighted by molar-refractivity contribution is 0.648. The number of hydrogen-bond donors (Lipinski definition) is 0. The Morgan fingerprint density at radius 2 is 1.79 bits per heavy atom. The molecule has 0 bridgehead atoms. The van der Waals surface area contributed by atoms with Crippen molar-refractivity contribution in [3.63, 3.8) is 0 Å². The summed E-state index contributed by atoms with van der Waals surface area (Å²) in [5, 5.41) is 0. The minimum absolute atomic E-state index is 0.686. The van der Waals surface area contributed by atoms with Crippen molar-refractivity contribution in [3.05, 3.63) is 0 Å². The van der Waals surface area contributed by atoms with Crippen molar-refractivity contribution in [2.24, 2.45) is 10.9 Å². The van der Waals surface area contributed by atoms with E-state index in [0.717, 1.165) is 6.54 Å². The first-order valence-corrected chi connectivity index (χ1v) is 6.23. The normalized spacial score (nSPS) is 14.4. The van der Waals surface area contributed by atoms with Crippen molar-refractivity contribution < 1.29 is 0 Å². The van der Waals surface area contributed by atoms with Gasteiger partial charge in [-0.1, -0.05) is 46.5 Å². The Morgan fingerprint density at radius 3 is 2.36 bits per heavy atom. The average molecular weight is 197 g/mol. The van der Waals surface area contributed by atoms with Gasteiger partial charge in [0.05, 0.1) is 0 Å². The molecule has 84 valence electrons. The van der Waals surface area contributed by atoms with Crippen molar-refractivity contribution in [2.75, 3.05) is 6.54 Å².